The standard InChI is InChI=1S/C15H24N2O3/c1-5-20-15(18)11-7-6-8-12(16)14(11)17-13(9-19-4)10(2)3/h6-8,10,13,17H,5,9,16H2,1-4H3. The van der Waals surface area contributed by atoms with Gasteiger partial charge in [0.25, 0.3) is 0 Å². The number of anilines is 2. The van der Waals surface area contributed by atoms with E-state index >= 15 is 0 Å². The predicted octanol–water partition coefficient (Wildman–Crippen LogP) is 2.53. The smallest absolute Gasteiger partial charge is 0.340 e. The van der Waals surface area contributed by atoms with Gasteiger partial charge in [-0.05, 0) is 25.0 Å². The zero-order chi connectivity index (χ0) is 15.1. The van der Waals surface area contributed by atoms with Crippen LogP contribution in [0.5, 0.6) is 0 Å². The quantitative estimate of drug-likeness (QED) is 0.593. The summed E-state index contributed by atoms with van der Waals surface area (Å²) in [5.41, 5.74) is 7.58. The van der Waals surface area contributed by atoms with Crippen molar-refractivity contribution in [2.24, 2.45) is 5.92 Å². The Labute approximate surface area is 120 Å². The molecular weight excluding hydrogens is 256 g/mol. The summed E-state index contributed by atoms with van der Waals surface area (Å²) in [5.74, 6) is -0.0353. The van der Waals surface area contributed by atoms with E-state index in [1.165, 1.54) is 0 Å². The number of benzene rings is 1. The molecule has 1 rings (SSSR count). The first kappa shape index (κ1) is 16.3. The lowest BCUT2D eigenvalue weighted by molar-refractivity contribution is 0.0527. The SMILES string of the molecule is CCOC(=O)c1cccc(N)c1NC(COC)C(C)C. The highest BCUT2D eigenvalue weighted by Gasteiger charge is 2.19. The van der Waals surface area contributed by atoms with Gasteiger partial charge < -0.3 is 20.5 Å². The molecule has 0 heterocycles. The van der Waals surface area contributed by atoms with Crippen LogP contribution in [-0.2, 0) is 9.47 Å². The third kappa shape index (κ3) is 4.13. The van der Waals surface area contributed by atoms with Crippen LogP contribution in [-0.4, -0.2) is 32.3 Å². The minimum Gasteiger partial charge on any atom is -0.462 e. The van der Waals surface area contributed by atoms with Crippen molar-refractivity contribution in [3.63, 3.8) is 0 Å². The normalized spacial score (nSPS) is 12.2. The predicted molar refractivity (Wildman–Crippen MR) is 80.9 cm³/mol. The highest BCUT2D eigenvalue weighted by atomic mass is 16.5. The zero-order valence-electron chi connectivity index (χ0n) is 12.6. The molecule has 0 amide bonds. The number of carbonyl (C=O) groups is 1. The second kappa shape index (κ2) is 7.75. The molecule has 0 radical (unpaired) electrons. The van der Waals surface area contributed by atoms with Gasteiger partial charge in [-0.3, -0.25) is 0 Å². The Bertz CT molecular complexity index is 447. The van der Waals surface area contributed by atoms with Crippen LogP contribution in [0.25, 0.3) is 0 Å². The molecule has 0 aliphatic carbocycles. The summed E-state index contributed by atoms with van der Waals surface area (Å²) in [6.07, 6.45) is 0. The van der Waals surface area contributed by atoms with Crippen molar-refractivity contribution >= 4 is 17.3 Å². The Kier molecular flexibility index (Phi) is 6.31. The molecule has 20 heavy (non-hydrogen) atoms. The summed E-state index contributed by atoms with van der Waals surface area (Å²) < 4.78 is 10.3. The van der Waals surface area contributed by atoms with Crippen molar-refractivity contribution < 1.29 is 14.3 Å². The van der Waals surface area contributed by atoms with Crippen molar-refractivity contribution in [3.05, 3.63) is 23.8 Å². The van der Waals surface area contributed by atoms with Crippen molar-refractivity contribution in [3.8, 4) is 0 Å². The molecule has 1 atom stereocenters. The van der Waals surface area contributed by atoms with Crippen LogP contribution in [0.2, 0.25) is 0 Å². The van der Waals surface area contributed by atoms with E-state index in [4.69, 9.17) is 15.2 Å². The Balaban J connectivity index is 3.05. The molecule has 0 saturated heterocycles. The fourth-order valence-corrected chi connectivity index (χ4v) is 1.88. The van der Waals surface area contributed by atoms with Crippen LogP contribution in [0.1, 0.15) is 31.1 Å². The van der Waals surface area contributed by atoms with Crippen LogP contribution >= 0.6 is 0 Å². The minimum atomic E-state index is -0.373. The van der Waals surface area contributed by atoms with E-state index in [1.807, 2.05) is 0 Å². The van der Waals surface area contributed by atoms with Crippen LogP contribution < -0.4 is 11.1 Å². The summed E-state index contributed by atoms with van der Waals surface area (Å²) in [7, 11) is 1.65. The number of methoxy groups -OCH3 is 1. The van der Waals surface area contributed by atoms with Gasteiger partial charge in [0.1, 0.15) is 0 Å². The van der Waals surface area contributed by atoms with E-state index in [0.717, 1.165) is 0 Å². The molecule has 0 saturated carbocycles. The lowest BCUT2D eigenvalue weighted by Gasteiger charge is -2.24. The van der Waals surface area contributed by atoms with Gasteiger partial charge in [-0.2, -0.15) is 0 Å². The third-order valence-corrected chi connectivity index (χ3v) is 3.07. The van der Waals surface area contributed by atoms with Gasteiger partial charge in [-0.15, -0.1) is 0 Å². The molecule has 0 aliphatic rings. The first-order valence-electron chi connectivity index (χ1n) is 6.82. The van der Waals surface area contributed by atoms with Crippen molar-refractivity contribution in [1.29, 1.82) is 0 Å². The zero-order valence-corrected chi connectivity index (χ0v) is 12.6. The summed E-state index contributed by atoms with van der Waals surface area (Å²) in [4.78, 5) is 12.0. The molecule has 112 valence electrons. The number of nitrogens with one attached hydrogen (secondary N) is 1. The van der Waals surface area contributed by atoms with Crippen LogP contribution in [0.3, 0.4) is 0 Å². The third-order valence-electron chi connectivity index (χ3n) is 3.07. The highest BCUT2D eigenvalue weighted by Crippen LogP contribution is 2.26. The number of hydrogen-bond donors (Lipinski definition) is 2. The number of esters is 1. The maximum absolute atomic E-state index is 12.0. The average molecular weight is 280 g/mol. The largest absolute Gasteiger partial charge is 0.462 e. The van der Waals surface area contributed by atoms with E-state index in [1.54, 1.807) is 32.2 Å². The summed E-state index contributed by atoms with van der Waals surface area (Å²) >= 11 is 0. The number of ether oxygens (including phenoxy) is 2. The maximum Gasteiger partial charge on any atom is 0.340 e. The Hall–Kier alpha value is -1.75. The first-order valence-corrected chi connectivity index (χ1v) is 6.82. The van der Waals surface area contributed by atoms with E-state index in [9.17, 15) is 4.79 Å². The van der Waals surface area contributed by atoms with Gasteiger partial charge in [0, 0.05) is 7.11 Å². The minimum absolute atomic E-state index is 0.0675. The van der Waals surface area contributed by atoms with Gasteiger partial charge in [-0.1, -0.05) is 19.9 Å². The molecule has 1 aromatic carbocycles. The van der Waals surface area contributed by atoms with Crippen molar-refractivity contribution in [2.75, 3.05) is 31.4 Å². The lowest BCUT2D eigenvalue weighted by atomic mass is 10.0. The van der Waals surface area contributed by atoms with Crippen molar-refractivity contribution in [1.82, 2.24) is 0 Å². The number of nitrogen functional groups attached to an aromatic ring is 1. The summed E-state index contributed by atoms with van der Waals surface area (Å²) in [6.45, 7) is 6.81. The molecule has 3 N–H and O–H groups in total. The molecule has 0 bridgehead atoms. The number of para-hydroxylation sites is 1. The number of carbonyl (C=O) groups excluding carboxylic acids is 1. The van der Waals surface area contributed by atoms with Gasteiger partial charge in [-0.25, -0.2) is 4.79 Å². The van der Waals surface area contributed by atoms with Crippen LogP contribution in [0.15, 0.2) is 18.2 Å². The summed E-state index contributed by atoms with van der Waals surface area (Å²) in [6, 6.07) is 5.28. The molecule has 0 aliphatic heterocycles. The van der Waals surface area contributed by atoms with Gasteiger partial charge in [0.05, 0.1) is 36.2 Å². The Morgan fingerprint density at radius 3 is 2.65 bits per heavy atom. The van der Waals surface area contributed by atoms with E-state index < -0.39 is 0 Å². The molecule has 0 aromatic heterocycles. The Morgan fingerprint density at radius 1 is 1.40 bits per heavy atom. The molecule has 5 nitrogen and oxygen atoms in total. The van der Waals surface area contributed by atoms with Crippen molar-refractivity contribution in [2.45, 2.75) is 26.8 Å². The maximum atomic E-state index is 12.0. The average Bonchev–Trinajstić information content (AvgIpc) is 2.40. The summed E-state index contributed by atoms with van der Waals surface area (Å²) in [5, 5.41) is 3.30. The van der Waals surface area contributed by atoms with E-state index in [0.29, 0.717) is 36.1 Å². The number of nitrogens with two attached hydrogens (primary N) is 1. The molecule has 1 aromatic rings. The van der Waals surface area contributed by atoms with Crippen LogP contribution in [0, 0.1) is 5.92 Å². The van der Waals surface area contributed by atoms with Gasteiger partial charge in [0.15, 0.2) is 0 Å². The lowest BCUT2D eigenvalue weighted by Crippen LogP contribution is -2.31. The monoisotopic (exact) mass is 280 g/mol. The molecule has 1 unspecified atom stereocenters. The van der Waals surface area contributed by atoms with Gasteiger partial charge in [0.2, 0.25) is 0 Å². The fourth-order valence-electron chi connectivity index (χ4n) is 1.88. The topological polar surface area (TPSA) is 73.6 Å². The second-order valence-corrected chi connectivity index (χ2v) is 4.94. The highest BCUT2D eigenvalue weighted by molar-refractivity contribution is 5.98. The van der Waals surface area contributed by atoms with Gasteiger partial charge >= 0.3 is 5.97 Å². The molecule has 5 heteroatoms. The van der Waals surface area contributed by atoms with E-state index in [2.05, 4.69) is 19.2 Å². The molecular formula is C15H24N2O3. The number of hydrogen-bond acceptors (Lipinski definition) is 5. The first-order chi connectivity index (χ1) is 9.51. The fraction of sp³-hybridized carbons (Fsp3) is 0.533. The second-order valence-electron chi connectivity index (χ2n) is 4.94. The van der Waals surface area contributed by atoms with Crippen LogP contribution in [0.4, 0.5) is 11.4 Å². The Morgan fingerprint density at radius 2 is 2.10 bits per heavy atom. The van der Waals surface area contributed by atoms with E-state index in [-0.39, 0.29) is 12.0 Å². The molecule has 0 fully saturated rings. The molecule has 0 spiro atoms. The number of rotatable bonds is 7.